The molecule has 21 heavy (non-hydrogen) atoms. The van der Waals surface area contributed by atoms with E-state index in [9.17, 15) is 8.42 Å². The average Bonchev–Trinajstić information content (AvgIpc) is 3.28. The summed E-state index contributed by atoms with van der Waals surface area (Å²) < 4.78 is 27.1. The van der Waals surface area contributed by atoms with Crippen molar-refractivity contribution in [1.29, 1.82) is 0 Å². The van der Waals surface area contributed by atoms with Crippen molar-refractivity contribution in [2.24, 2.45) is 0 Å². The maximum Gasteiger partial charge on any atom is 0.240 e. The zero-order valence-electron chi connectivity index (χ0n) is 12.2. The minimum absolute atomic E-state index is 0.117. The van der Waals surface area contributed by atoms with Gasteiger partial charge < -0.3 is 5.11 Å². The number of likely N-dealkylation sites (N-methyl/N-ethyl adjacent to an activating group) is 1. The number of nitrogens with zero attached hydrogens (tertiary/aromatic N) is 1. The van der Waals surface area contributed by atoms with E-state index in [0.717, 1.165) is 0 Å². The van der Waals surface area contributed by atoms with Crippen molar-refractivity contribution in [3.63, 3.8) is 0 Å². The maximum atomic E-state index is 12.2. The van der Waals surface area contributed by atoms with Crippen LogP contribution in [0.15, 0.2) is 23.1 Å². The van der Waals surface area contributed by atoms with Gasteiger partial charge in [-0.25, -0.2) is 13.1 Å². The van der Waals surface area contributed by atoms with E-state index in [1.807, 2.05) is 14.0 Å². The first-order valence-corrected chi connectivity index (χ1v) is 8.82. The van der Waals surface area contributed by atoms with Crippen molar-refractivity contribution >= 4 is 21.6 Å². The van der Waals surface area contributed by atoms with Gasteiger partial charge in [0.15, 0.2) is 0 Å². The number of hydrogen-bond acceptors (Lipinski definition) is 4. The molecule has 1 aromatic carbocycles. The van der Waals surface area contributed by atoms with Crippen molar-refractivity contribution < 1.29 is 13.5 Å². The molecule has 1 saturated carbocycles. The van der Waals surface area contributed by atoms with Gasteiger partial charge in [0.2, 0.25) is 10.0 Å². The van der Waals surface area contributed by atoms with Gasteiger partial charge in [0.25, 0.3) is 0 Å². The van der Waals surface area contributed by atoms with E-state index in [2.05, 4.69) is 9.62 Å². The minimum atomic E-state index is -3.58. The van der Waals surface area contributed by atoms with Crippen LogP contribution in [-0.4, -0.2) is 44.1 Å². The number of sulfonamides is 1. The first kappa shape index (κ1) is 16.7. The number of nitrogens with one attached hydrogen (secondary N) is 1. The quantitative estimate of drug-likeness (QED) is 0.795. The molecule has 0 bridgehead atoms. The van der Waals surface area contributed by atoms with E-state index in [4.69, 9.17) is 16.7 Å². The van der Waals surface area contributed by atoms with Gasteiger partial charge >= 0.3 is 0 Å². The zero-order chi connectivity index (χ0) is 15.6. The van der Waals surface area contributed by atoms with Gasteiger partial charge in [-0.2, -0.15) is 0 Å². The molecule has 118 valence electrons. The lowest BCUT2D eigenvalue weighted by molar-refractivity contribution is 0.248. The molecule has 1 aliphatic rings. The Hall–Kier alpha value is -0.660. The Kier molecular flexibility index (Phi) is 5.27. The van der Waals surface area contributed by atoms with E-state index >= 15 is 0 Å². The monoisotopic (exact) mass is 332 g/mol. The second kappa shape index (κ2) is 6.62. The standard InChI is InChI=1S/C14H21ClN2O3S/c1-10(17(2)12-4-5-12)8-16-21(19,20)13-6-3-11(9-18)14(15)7-13/h3,6-7,10,12,16,18H,4-5,8-9H2,1-2H3. The predicted molar refractivity (Wildman–Crippen MR) is 82.8 cm³/mol. The number of hydrogen-bond donors (Lipinski definition) is 2. The summed E-state index contributed by atoms with van der Waals surface area (Å²) in [5.41, 5.74) is 0.512. The number of aliphatic hydroxyl groups excluding tert-OH is 1. The molecule has 0 saturated heterocycles. The van der Waals surface area contributed by atoms with Crippen LogP contribution in [0.4, 0.5) is 0 Å². The van der Waals surface area contributed by atoms with Gasteiger partial charge in [-0.05, 0) is 44.5 Å². The lowest BCUT2D eigenvalue weighted by atomic mass is 10.2. The van der Waals surface area contributed by atoms with Crippen molar-refractivity contribution in [1.82, 2.24) is 9.62 Å². The summed E-state index contributed by atoms with van der Waals surface area (Å²) in [7, 11) is -1.57. The molecule has 7 heteroatoms. The van der Waals surface area contributed by atoms with Crippen LogP contribution < -0.4 is 4.72 Å². The fraction of sp³-hybridized carbons (Fsp3) is 0.571. The first-order valence-electron chi connectivity index (χ1n) is 6.96. The Morgan fingerprint density at radius 1 is 1.48 bits per heavy atom. The van der Waals surface area contributed by atoms with E-state index < -0.39 is 10.0 Å². The van der Waals surface area contributed by atoms with Crippen molar-refractivity contribution in [2.45, 2.75) is 43.4 Å². The molecule has 1 atom stereocenters. The molecule has 5 nitrogen and oxygen atoms in total. The molecule has 1 aliphatic carbocycles. The second-order valence-electron chi connectivity index (χ2n) is 5.51. The Morgan fingerprint density at radius 3 is 2.67 bits per heavy atom. The third-order valence-corrected chi connectivity index (χ3v) is 5.67. The molecule has 1 fully saturated rings. The third kappa shape index (κ3) is 4.17. The molecular weight excluding hydrogens is 312 g/mol. The Bertz CT molecular complexity index is 602. The molecular formula is C14H21ClN2O3S. The highest BCUT2D eigenvalue weighted by Crippen LogP contribution is 2.27. The lowest BCUT2D eigenvalue weighted by Crippen LogP contribution is -2.41. The number of halogens is 1. The average molecular weight is 333 g/mol. The normalized spacial score (nSPS) is 17.2. The predicted octanol–water partition coefficient (Wildman–Crippen LogP) is 1.59. The third-order valence-electron chi connectivity index (χ3n) is 3.89. The van der Waals surface area contributed by atoms with Gasteiger partial charge in [0.05, 0.1) is 11.5 Å². The Labute approximate surface area is 131 Å². The number of rotatable bonds is 7. The van der Waals surface area contributed by atoms with Crippen LogP contribution in [0, 0.1) is 0 Å². The summed E-state index contributed by atoms with van der Waals surface area (Å²) >= 11 is 5.94. The lowest BCUT2D eigenvalue weighted by Gasteiger charge is -2.24. The molecule has 0 amide bonds. The summed E-state index contributed by atoms with van der Waals surface area (Å²) in [4.78, 5) is 2.32. The van der Waals surface area contributed by atoms with Crippen LogP contribution in [0.3, 0.4) is 0 Å². The fourth-order valence-corrected chi connectivity index (χ4v) is 3.58. The summed E-state index contributed by atoms with van der Waals surface area (Å²) in [5.74, 6) is 0. The molecule has 0 aliphatic heterocycles. The Morgan fingerprint density at radius 2 is 2.14 bits per heavy atom. The SMILES string of the molecule is CC(CNS(=O)(=O)c1ccc(CO)c(Cl)c1)N(C)C1CC1. The summed E-state index contributed by atoms with van der Waals surface area (Å²) in [6, 6.07) is 5.07. The highest BCUT2D eigenvalue weighted by Gasteiger charge is 2.29. The first-order chi connectivity index (χ1) is 9.85. The molecule has 2 N–H and O–H groups in total. The van der Waals surface area contributed by atoms with Crippen LogP contribution in [0.5, 0.6) is 0 Å². The molecule has 2 rings (SSSR count). The van der Waals surface area contributed by atoms with Gasteiger partial charge in [-0.3, -0.25) is 4.90 Å². The molecule has 0 spiro atoms. The highest BCUT2D eigenvalue weighted by atomic mass is 35.5. The maximum absolute atomic E-state index is 12.2. The van der Waals surface area contributed by atoms with E-state index in [-0.39, 0.29) is 22.6 Å². The zero-order valence-corrected chi connectivity index (χ0v) is 13.8. The van der Waals surface area contributed by atoms with Crippen LogP contribution in [0.2, 0.25) is 5.02 Å². The second-order valence-corrected chi connectivity index (χ2v) is 7.68. The van der Waals surface area contributed by atoms with Crippen molar-refractivity contribution in [3.05, 3.63) is 28.8 Å². The summed E-state index contributed by atoms with van der Waals surface area (Å²) in [6.07, 6.45) is 2.37. The summed E-state index contributed by atoms with van der Waals surface area (Å²) in [6.45, 7) is 2.15. The molecule has 0 radical (unpaired) electrons. The van der Waals surface area contributed by atoms with Crippen LogP contribution in [0.25, 0.3) is 0 Å². The number of benzene rings is 1. The molecule has 0 aromatic heterocycles. The highest BCUT2D eigenvalue weighted by molar-refractivity contribution is 7.89. The van der Waals surface area contributed by atoms with Crippen LogP contribution >= 0.6 is 11.6 Å². The molecule has 1 unspecified atom stereocenters. The van der Waals surface area contributed by atoms with Gasteiger partial charge in [0, 0.05) is 23.7 Å². The van der Waals surface area contributed by atoms with Gasteiger partial charge in [0.1, 0.15) is 0 Å². The van der Waals surface area contributed by atoms with Gasteiger partial charge in [-0.1, -0.05) is 17.7 Å². The van der Waals surface area contributed by atoms with E-state index in [1.54, 1.807) is 0 Å². The van der Waals surface area contributed by atoms with Crippen LogP contribution in [0.1, 0.15) is 25.3 Å². The van der Waals surface area contributed by atoms with E-state index in [1.165, 1.54) is 31.0 Å². The Balaban J connectivity index is 2.02. The van der Waals surface area contributed by atoms with Crippen LogP contribution in [-0.2, 0) is 16.6 Å². The largest absolute Gasteiger partial charge is 0.392 e. The minimum Gasteiger partial charge on any atom is -0.392 e. The van der Waals surface area contributed by atoms with Crippen molar-refractivity contribution in [2.75, 3.05) is 13.6 Å². The van der Waals surface area contributed by atoms with Gasteiger partial charge in [-0.15, -0.1) is 0 Å². The topological polar surface area (TPSA) is 69.6 Å². The molecule has 0 heterocycles. The smallest absolute Gasteiger partial charge is 0.240 e. The molecule has 1 aromatic rings. The fourth-order valence-electron chi connectivity index (χ4n) is 2.12. The van der Waals surface area contributed by atoms with Crippen molar-refractivity contribution in [3.8, 4) is 0 Å². The number of aliphatic hydroxyl groups is 1. The van der Waals surface area contributed by atoms with E-state index in [0.29, 0.717) is 18.2 Å². The summed E-state index contributed by atoms with van der Waals surface area (Å²) in [5, 5.41) is 9.31.